The Labute approximate surface area is 142 Å². The van der Waals surface area contributed by atoms with Gasteiger partial charge < -0.3 is 10.6 Å². The summed E-state index contributed by atoms with van der Waals surface area (Å²) in [6.45, 7) is 5.52. The molecule has 0 atom stereocenters. The van der Waals surface area contributed by atoms with Gasteiger partial charge in [-0.3, -0.25) is 4.99 Å². The maximum absolute atomic E-state index is 13.5. The molecule has 1 rings (SSSR count). The molecule has 0 spiro atoms. The van der Waals surface area contributed by atoms with Gasteiger partial charge in [-0.25, -0.2) is 17.2 Å². The fraction of sp³-hybridized carbons (Fsp3) is 0.562. The van der Waals surface area contributed by atoms with Crippen molar-refractivity contribution in [3.8, 4) is 0 Å². The Balaban J connectivity index is 2.45. The Hall–Kier alpha value is -1.70. The van der Waals surface area contributed by atoms with E-state index in [9.17, 15) is 17.2 Å². The van der Waals surface area contributed by atoms with Crippen molar-refractivity contribution in [3.05, 3.63) is 35.4 Å². The molecule has 0 amide bonds. The standard InChI is InChI=1S/C16H25F2N3O2S/c1-16(2,3)24(22,23)10-9-21-15(19-4)20-8-7-12-11-13(17)5-6-14(12)18/h5-6,11H,7-10H2,1-4H3,(H2,19,20,21). The van der Waals surface area contributed by atoms with Gasteiger partial charge in [0.1, 0.15) is 11.6 Å². The van der Waals surface area contributed by atoms with Crippen LogP contribution in [0.5, 0.6) is 0 Å². The molecule has 0 fully saturated rings. The molecule has 2 N–H and O–H groups in total. The van der Waals surface area contributed by atoms with Crippen LogP contribution in [-0.2, 0) is 16.3 Å². The predicted molar refractivity (Wildman–Crippen MR) is 93.0 cm³/mol. The van der Waals surface area contributed by atoms with Crippen LogP contribution < -0.4 is 10.6 Å². The number of hydrogen-bond donors (Lipinski definition) is 2. The first kappa shape index (κ1) is 20.3. The number of halogens is 2. The molecule has 24 heavy (non-hydrogen) atoms. The Morgan fingerprint density at radius 3 is 2.38 bits per heavy atom. The average molecular weight is 361 g/mol. The van der Waals surface area contributed by atoms with Gasteiger partial charge in [-0.2, -0.15) is 0 Å². The summed E-state index contributed by atoms with van der Waals surface area (Å²) in [6, 6.07) is 3.32. The molecule has 5 nitrogen and oxygen atoms in total. The zero-order valence-corrected chi connectivity index (χ0v) is 15.3. The summed E-state index contributed by atoms with van der Waals surface area (Å²) in [6.07, 6.45) is 0.282. The van der Waals surface area contributed by atoms with Crippen molar-refractivity contribution in [2.75, 3.05) is 25.9 Å². The first-order valence-electron chi connectivity index (χ1n) is 7.67. The number of guanidine groups is 1. The SMILES string of the molecule is CN=C(NCCc1cc(F)ccc1F)NCCS(=O)(=O)C(C)(C)C. The third-order valence-corrected chi connectivity index (χ3v) is 6.12. The van der Waals surface area contributed by atoms with Crippen molar-refractivity contribution in [3.63, 3.8) is 0 Å². The normalized spacial score (nSPS) is 13.0. The van der Waals surface area contributed by atoms with E-state index >= 15 is 0 Å². The molecule has 136 valence electrons. The molecule has 0 aromatic heterocycles. The Morgan fingerprint density at radius 2 is 1.79 bits per heavy atom. The van der Waals surface area contributed by atoms with Crippen LogP contribution >= 0.6 is 0 Å². The lowest BCUT2D eigenvalue weighted by Gasteiger charge is -2.19. The fourth-order valence-corrected chi connectivity index (χ4v) is 2.86. The van der Waals surface area contributed by atoms with Gasteiger partial charge in [0.15, 0.2) is 15.8 Å². The maximum Gasteiger partial charge on any atom is 0.191 e. The molecular formula is C16H25F2N3O2S. The Kier molecular flexibility index (Phi) is 7.13. The van der Waals surface area contributed by atoms with Gasteiger partial charge in [0.05, 0.1) is 10.5 Å². The monoisotopic (exact) mass is 361 g/mol. The molecule has 0 heterocycles. The molecule has 0 bridgehead atoms. The van der Waals surface area contributed by atoms with E-state index in [0.717, 1.165) is 18.2 Å². The third-order valence-electron chi connectivity index (χ3n) is 3.51. The van der Waals surface area contributed by atoms with Gasteiger partial charge >= 0.3 is 0 Å². The second-order valence-corrected chi connectivity index (χ2v) is 9.21. The molecule has 0 aliphatic heterocycles. The number of hydrogen-bond acceptors (Lipinski definition) is 3. The minimum atomic E-state index is -3.21. The van der Waals surface area contributed by atoms with E-state index in [4.69, 9.17) is 0 Å². The van der Waals surface area contributed by atoms with E-state index in [1.807, 2.05) is 0 Å². The second kappa shape index (κ2) is 8.41. The molecule has 0 saturated carbocycles. The smallest absolute Gasteiger partial charge is 0.191 e. The highest BCUT2D eigenvalue weighted by Crippen LogP contribution is 2.15. The molecule has 0 saturated heterocycles. The van der Waals surface area contributed by atoms with Gasteiger partial charge in [-0.15, -0.1) is 0 Å². The minimum absolute atomic E-state index is 0.0181. The fourth-order valence-electron chi connectivity index (χ4n) is 1.88. The highest BCUT2D eigenvalue weighted by molar-refractivity contribution is 7.92. The van der Waals surface area contributed by atoms with Crippen LogP contribution in [0.2, 0.25) is 0 Å². The molecule has 8 heteroatoms. The van der Waals surface area contributed by atoms with Gasteiger partial charge in [0.25, 0.3) is 0 Å². The lowest BCUT2D eigenvalue weighted by molar-refractivity contribution is 0.559. The number of nitrogens with zero attached hydrogens (tertiary/aromatic N) is 1. The summed E-state index contributed by atoms with van der Waals surface area (Å²) in [5.74, 6) is -0.551. The van der Waals surface area contributed by atoms with E-state index in [2.05, 4.69) is 15.6 Å². The van der Waals surface area contributed by atoms with Crippen molar-refractivity contribution < 1.29 is 17.2 Å². The number of nitrogens with one attached hydrogen (secondary N) is 2. The maximum atomic E-state index is 13.5. The van der Waals surface area contributed by atoms with Crippen LogP contribution in [0.4, 0.5) is 8.78 Å². The van der Waals surface area contributed by atoms with Gasteiger partial charge in [-0.1, -0.05) is 0 Å². The lowest BCUT2D eigenvalue weighted by Crippen LogP contribution is -2.42. The van der Waals surface area contributed by atoms with Crippen LogP contribution in [0.25, 0.3) is 0 Å². The molecule has 1 aromatic carbocycles. The molecule has 0 aliphatic carbocycles. The highest BCUT2D eigenvalue weighted by atomic mass is 32.2. The minimum Gasteiger partial charge on any atom is -0.356 e. The summed E-state index contributed by atoms with van der Waals surface area (Å²) in [4.78, 5) is 3.97. The van der Waals surface area contributed by atoms with Crippen molar-refractivity contribution >= 4 is 15.8 Å². The summed E-state index contributed by atoms with van der Waals surface area (Å²) < 4.78 is 49.8. The van der Waals surface area contributed by atoms with Crippen LogP contribution in [0, 0.1) is 11.6 Å². The first-order chi connectivity index (χ1) is 11.1. The third kappa shape index (κ3) is 6.07. The second-order valence-electron chi connectivity index (χ2n) is 6.34. The largest absolute Gasteiger partial charge is 0.356 e. The molecule has 1 aromatic rings. The van der Waals surface area contributed by atoms with Crippen molar-refractivity contribution in [1.82, 2.24) is 10.6 Å². The van der Waals surface area contributed by atoms with Crippen LogP contribution in [0.15, 0.2) is 23.2 Å². The van der Waals surface area contributed by atoms with Crippen molar-refractivity contribution in [2.24, 2.45) is 4.99 Å². The van der Waals surface area contributed by atoms with E-state index in [1.54, 1.807) is 27.8 Å². The summed E-state index contributed by atoms with van der Waals surface area (Å²) in [5, 5.41) is 5.85. The predicted octanol–water partition coefficient (Wildman–Crippen LogP) is 1.89. The van der Waals surface area contributed by atoms with Gasteiger partial charge in [0, 0.05) is 20.1 Å². The zero-order valence-electron chi connectivity index (χ0n) is 14.5. The average Bonchev–Trinajstić information content (AvgIpc) is 2.47. The van der Waals surface area contributed by atoms with Crippen LogP contribution in [0.3, 0.4) is 0 Å². The topological polar surface area (TPSA) is 70.6 Å². The number of sulfone groups is 1. The van der Waals surface area contributed by atoms with E-state index < -0.39 is 26.2 Å². The van der Waals surface area contributed by atoms with Crippen molar-refractivity contribution in [1.29, 1.82) is 0 Å². The number of rotatable bonds is 6. The lowest BCUT2D eigenvalue weighted by atomic mass is 10.1. The molecule has 0 aliphatic rings. The summed E-state index contributed by atoms with van der Waals surface area (Å²) in [7, 11) is -1.66. The summed E-state index contributed by atoms with van der Waals surface area (Å²) in [5.41, 5.74) is 0.272. The van der Waals surface area contributed by atoms with Gasteiger partial charge in [0.2, 0.25) is 0 Å². The van der Waals surface area contributed by atoms with E-state index in [0.29, 0.717) is 12.5 Å². The van der Waals surface area contributed by atoms with Crippen LogP contribution in [-0.4, -0.2) is 45.0 Å². The summed E-state index contributed by atoms with van der Waals surface area (Å²) >= 11 is 0. The van der Waals surface area contributed by atoms with Crippen molar-refractivity contribution in [2.45, 2.75) is 31.9 Å². The Morgan fingerprint density at radius 1 is 1.17 bits per heavy atom. The number of benzene rings is 1. The Bertz CT molecular complexity index is 683. The number of aliphatic imine (C=N–C) groups is 1. The van der Waals surface area contributed by atoms with E-state index in [-0.39, 0.29) is 24.3 Å². The van der Waals surface area contributed by atoms with E-state index in [1.165, 1.54) is 0 Å². The molecule has 0 unspecified atom stereocenters. The molecular weight excluding hydrogens is 336 g/mol. The highest BCUT2D eigenvalue weighted by Gasteiger charge is 2.28. The van der Waals surface area contributed by atoms with Crippen LogP contribution in [0.1, 0.15) is 26.3 Å². The zero-order chi connectivity index (χ0) is 18.4. The quantitative estimate of drug-likeness (QED) is 0.600. The van der Waals surface area contributed by atoms with Gasteiger partial charge in [-0.05, 0) is 51.0 Å². The molecule has 0 radical (unpaired) electrons. The first-order valence-corrected chi connectivity index (χ1v) is 9.33.